The summed E-state index contributed by atoms with van der Waals surface area (Å²) >= 11 is 0. The number of hydrogen-bond acceptors (Lipinski definition) is 3. The molecule has 3 nitrogen and oxygen atoms in total. The van der Waals surface area contributed by atoms with Crippen LogP contribution in [0.25, 0.3) is 0 Å². The third-order valence-corrected chi connectivity index (χ3v) is 4.90. The van der Waals surface area contributed by atoms with Crippen LogP contribution in [0.2, 0.25) is 0 Å². The first-order valence-electron chi connectivity index (χ1n) is 7.50. The maximum atomic E-state index is 9.55. The zero-order valence-corrected chi connectivity index (χ0v) is 12.7. The van der Waals surface area contributed by atoms with Gasteiger partial charge in [-0.05, 0) is 52.1 Å². The summed E-state index contributed by atoms with van der Waals surface area (Å²) in [5.74, 6) is 1.44. The van der Waals surface area contributed by atoms with Crippen LogP contribution in [0.3, 0.4) is 0 Å². The number of hydrogen-bond donors (Lipinski definition) is 2. The van der Waals surface area contributed by atoms with E-state index in [1.807, 2.05) is 0 Å². The molecule has 0 saturated heterocycles. The summed E-state index contributed by atoms with van der Waals surface area (Å²) < 4.78 is 0. The SMILES string of the molecule is CCCC1CCC(CN)C(N(C)C(C)(C)CO)C1. The van der Waals surface area contributed by atoms with E-state index in [-0.39, 0.29) is 12.1 Å². The van der Waals surface area contributed by atoms with Crippen LogP contribution < -0.4 is 5.73 Å². The van der Waals surface area contributed by atoms with Gasteiger partial charge in [-0.1, -0.05) is 26.2 Å². The zero-order valence-electron chi connectivity index (χ0n) is 12.7. The summed E-state index contributed by atoms with van der Waals surface area (Å²) in [5.41, 5.74) is 5.80. The van der Waals surface area contributed by atoms with E-state index in [1.165, 1.54) is 32.1 Å². The second-order valence-electron chi connectivity index (χ2n) is 6.61. The van der Waals surface area contributed by atoms with Gasteiger partial charge in [-0.25, -0.2) is 0 Å². The lowest BCUT2D eigenvalue weighted by Gasteiger charge is -2.47. The maximum absolute atomic E-state index is 9.55. The summed E-state index contributed by atoms with van der Waals surface area (Å²) in [6, 6.07) is 0.530. The highest BCUT2D eigenvalue weighted by atomic mass is 16.3. The van der Waals surface area contributed by atoms with Gasteiger partial charge in [-0.15, -0.1) is 0 Å². The molecule has 3 heteroatoms. The molecular formula is C15H32N2O. The number of rotatable bonds is 6. The van der Waals surface area contributed by atoms with Gasteiger partial charge in [0.15, 0.2) is 0 Å². The Morgan fingerprint density at radius 1 is 1.33 bits per heavy atom. The summed E-state index contributed by atoms with van der Waals surface area (Å²) in [6.45, 7) is 7.48. The molecule has 108 valence electrons. The van der Waals surface area contributed by atoms with Crippen molar-refractivity contribution in [2.24, 2.45) is 17.6 Å². The molecule has 0 bridgehead atoms. The minimum Gasteiger partial charge on any atom is -0.394 e. The van der Waals surface area contributed by atoms with Crippen LogP contribution in [0.4, 0.5) is 0 Å². The van der Waals surface area contributed by atoms with E-state index in [2.05, 4.69) is 32.7 Å². The van der Waals surface area contributed by atoms with Crippen LogP contribution in [0.1, 0.15) is 52.9 Å². The van der Waals surface area contributed by atoms with E-state index in [0.717, 1.165) is 12.5 Å². The van der Waals surface area contributed by atoms with Gasteiger partial charge in [0.1, 0.15) is 0 Å². The van der Waals surface area contributed by atoms with Crippen molar-refractivity contribution in [3.05, 3.63) is 0 Å². The van der Waals surface area contributed by atoms with Gasteiger partial charge < -0.3 is 10.8 Å². The Morgan fingerprint density at radius 3 is 2.50 bits per heavy atom. The minimum atomic E-state index is -0.147. The molecule has 1 saturated carbocycles. The van der Waals surface area contributed by atoms with E-state index in [4.69, 9.17) is 5.73 Å². The van der Waals surface area contributed by atoms with Gasteiger partial charge in [-0.2, -0.15) is 0 Å². The van der Waals surface area contributed by atoms with Crippen molar-refractivity contribution in [2.75, 3.05) is 20.2 Å². The molecule has 1 aliphatic carbocycles. The van der Waals surface area contributed by atoms with Crippen molar-refractivity contribution in [1.82, 2.24) is 4.90 Å². The Labute approximate surface area is 113 Å². The first-order valence-corrected chi connectivity index (χ1v) is 7.50. The molecule has 1 rings (SSSR count). The Morgan fingerprint density at radius 2 is 2.00 bits per heavy atom. The first kappa shape index (κ1) is 15.9. The largest absolute Gasteiger partial charge is 0.394 e. The fourth-order valence-electron chi connectivity index (χ4n) is 3.27. The fraction of sp³-hybridized carbons (Fsp3) is 1.00. The number of aliphatic hydroxyl groups is 1. The first-order chi connectivity index (χ1) is 8.46. The van der Waals surface area contributed by atoms with Crippen LogP contribution >= 0.6 is 0 Å². The lowest BCUT2D eigenvalue weighted by molar-refractivity contribution is -0.00193. The van der Waals surface area contributed by atoms with Crippen LogP contribution in [0, 0.1) is 11.8 Å². The molecule has 0 amide bonds. The van der Waals surface area contributed by atoms with Gasteiger partial charge in [0.2, 0.25) is 0 Å². The maximum Gasteiger partial charge on any atom is 0.0610 e. The Bertz CT molecular complexity index is 243. The minimum absolute atomic E-state index is 0.147. The molecule has 0 spiro atoms. The number of aliphatic hydroxyl groups excluding tert-OH is 1. The third-order valence-electron chi connectivity index (χ3n) is 4.90. The standard InChI is InChI=1S/C15H32N2O/c1-5-6-12-7-8-13(10-16)14(9-12)17(4)15(2,3)11-18/h12-14,18H,5-11,16H2,1-4H3. The summed E-state index contributed by atoms with van der Waals surface area (Å²) in [5, 5.41) is 9.55. The number of likely N-dealkylation sites (N-methyl/N-ethyl adjacent to an activating group) is 1. The molecule has 0 aliphatic heterocycles. The van der Waals surface area contributed by atoms with Crippen molar-refractivity contribution >= 4 is 0 Å². The average Bonchev–Trinajstić information content (AvgIpc) is 2.38. The predicted octanol–water partition coefficient (Wildman–Crippen LogP) is 2.23. The smallest absolute Gasteiger partial charge is 0.0610 e. The van der Waals surface area contributed by atoms with Crippen LogP contribution in [0.15, 0.2) is 0 Å². The van der Waals surface area contributed by atoms with Crippen molar-refractivity contribution in [1.29, 1.82) is 0 Å². The van der Waals surface area contributed by atoms with Crippen molar-refractivity contribution in [3.8, 4) is 0 Å². The predicted molar refractivity (Wildman–Crippen MR) is 77.5 cm³/mol. The van der Waals surface area contributed by atoms with Crippen LogP contribution in [-0.2, 0) is 0 Å². The normalized spacial score (nSPS) is 29.8. The molecule has 3 atom stereocenters. The molecule has 0 heterocycles. The molecular weight excluding hydrogens is 224 g/mol. The molecule has 0 aromatic rings. The Kier molecular flexibility index (Phi) is 6.09. The van der Waals surface area contributed by atoms with Crippen molar-refractivity contribution in [3.63, 3.8) is 0 Å². The van der Waals surface area contributed by atoms with Crippen molar-refractivity contribution < 1.29 is 5.11 Å². The highest BCUT2D eigenvalue weighted by Gasteiger charge is 2.37. The van der Waals surface area contributed by atoms with E-state index in [0.29, 0.717) is 12.0 Å². The van der Waals surface area contributed by atoms with Gasteiger partial charge in [0, 0.05) is 11.6 Å². The van der Waals surface area contributed by atoms with E-state index < -0.39 is 0 Å². The van der Waals surface area contributed by atoms with E-state index in [9.17, 15) is 5.11 Å². The molecule has 1 aliphatic rings. The molecule has 18 heavy (non-hydrogen) atoms. The highest BCUT2D eigenvalue weighted by molar-refractivity contribution is 4.92. The molecule has 0 aromatic heterocycles. The van der Waals surface area contributed by atoms with Crippen LogP contribution in [0.5, 0.6) is 0 Å². The monoisotopic (exact) mass is 256 g/mol. The molecule has 0 radical (unpaired) electrons. The lowest BCUT2D eigenvalue weighted by atomic mass is 9.75. The van der Waals surface area contributed by atoms with E-state index in [1.54, 1.807) is 0 Å². The summed E-state index contributed by atoms with van der Waals surface area (Å²) in [7, 11) is 2.15. The number of nitrogens with zero attached hydrogens (tertiary/aromatic N) is 1. The Balaban J connectivity index is 2.73. The fourth-order valence-corrected chi connectivity index (χ4v) is 3.27. The van der Waals surface area contributed by atoms with Gasteiger partial charge in [0.25, 0.3) is 0 Å². The number of nitrogens with two attached hydrogens (primary N) is 1. The molecule has 3 unspecified atom stereocenters. The quantitative estimate of drug-likeness (QED) is 0.766. The third kappa shape index (κ3) is 3.69. The molecule has 1 fully saturated rings. The topological polar surface area (TPSA) is 49.5 Å². The highest BCUT2D eigenvalue weighted by Crippen LogP contribution is 2.36. The molecule has 0 aromatic carbocycles. The van der Waals surface area contributed by atoms with Crippen LogP contribution in [-0.4, -0.2) is 41.8 Å². The van der Waals surface area contributed by atoms with E-state index >= 15 is 0 Å². The van der Waals surface area contributed by atoms with Gasteiger partial charge in [0.05, 0.1) is 6.61 Å². The second-order valence-corrected chi connectivity index (χ2v) is 6.61. The average molecular weight is 256 g/mol. The van der Waals surface area contributed by atoms with Gasteiger partial charge >= 0.3 is 0 Å². The lowest BCUT2D eigenvalue weighted by Crippen LogP contribution is -2.55. The second kappa shape index (κ2) is 6.88. The zero-order chi connectivity index (χ0) is 13.8. The van der Waals surface area contributed by atoms with Gasteiger partial charge in [-0.3, -0.25) is 4.90 Å². The Hall–Kier alpha value is -0.120. The summed E-state index contributed by atoms with van der Waals surface area (Å²) in [6.07, 6.45) is 6.44. The molecule has 3 N–H and O–H groups in total. The van der Waals surface area contributed by atoms with Crippen molar-refractivity contribution in [2.45, 2.75) is 64.5 Å². The summed E-state index contributed by atoms with van der Waals surface area (Å²) in [4.78, 5) is 2.37.